The summed E-state index contributed by atoms with van der Waals surface area (Å²) in [5.74, 6) is 0.755. The van der Waals surface area contributed by atoms with Gasteiger partial charge in [0, 0.05) is 27.2 Å². The summed E-state index contributed by atoms with van der Waals surface area (Å²) in [6.07, 6.45) is 8.48. The van der Waals surface area contributed by atoms with Crippen LogP contribution in [0.15, 0.2) is 0 Å². The van der Waals surface area contributed by atoms with Crippen LogP contribution in [-0.2, 0) is 4.74 Å². The molecule has 0 bridgehead atoms. The number of ether oxygens (including phenoxy) is 1. The maximum absolute atomic E-state index is 12.3. The minimum atomic E-state index is -1.16. The third-order valence-corrected chi connectivity index (χ3v) is 6.35. The topological polar surface area (TPSA) is 55.6 Å². The van der Waals surface area contributed by atoms with Crippen LogP contribution in [0, 0.1) is 5.92 Å². The Morgan fingerprint density at radius 2 is 1.91 bits per heavy atom. The summed E-state index contributed by atoms with van der Waals surface area (Å²) in [7, 11) is -1.16. The number of nitrogens with zero attached hydrogens (tertiary/aromatic N) is 1. The number of carbonyl (C=O) groups is 1. The molecule has 2 N–H and O–H groups in total. The van der Waals surface area contributed by atoms with Gasteiger partial charge in [-0.2, -0.15) is 0 Å². The molecule has 0 spiro atoms. The summed E-state index contributed by atoms with van der Waals surface area (Å²) in [5.41, 5.74) is 6.33. The third-order valence-electron chi connectivity index (χ3n) is 4.65. The zero-order valence-corrected chi connectivity index (χ0v) is 16.8. The van der Waals surface area contributed by atoms with E-state index in [-0.39, 0.29) is 12.1 Å². The van der Waals surface area contributed by atoms with Crippen LogP contribution in [-0.4, -0.2) is 44.8 Å². The molecular formula is C18H38N2O2Si. The van der Waals surface area contributed by atoms with Crippen LogP contribution in [0.25, 0.3) is 0 Å². The molecule has 0 aromatic heterocycles. The fourth-order valence-electron chi connectivity index (χ4n) is 3.27. The van der Waals surface area contributed by atoms with Gasteiger partial charge in [0.1, 0.15) is 0 Å². The molecule has 0 aromatic carbocycles. The van der Waals surface area contributed by atoms with E-state index in [1.165, 1.54) is 32.1 Å². The summed E-state index contributed by atoms with van der Waals surface area (Å²) in [6.45, 7) is 10.9. The van der Waals surface area contributed by atoms with E-state index in [9.17, 15) is 4.79 Å². The average Bonchev–Trinajstić information content (AvgIpc) is 2.46. The van der Waals surface area contributed by atoms with Gasteiger partial charge in [0.05, 0.1) is 6.61 Å². The Kier molecular flexibility index (Phi) is 9.21. The smallest absolute Gasteiger partial charge is 0.409 e. The van der Waals surface area contributed by atoms with Gasteiger partial charge < -0.3 is 15.4 Å². The number of hydrogen-bond donors (Lipinski definition) is 1. The first-order valence-electron chi connectivity index (χ1n) is 9.49. The highest BCUT2D eigenvalue weighted by atomic mass is 28.3. The molecule has 0 radical (unpaired) electrons. The molecule has 0 aliphatic heterocycles. The van der Waals surface area contributed by atoms with Gasteiger partial charge in [0.2, 0.25) is 0 Å². The predicted octanol–water partition coefficient (Wildman–Crippen LogP) is 4.47. The first-order chi connectivity index (χ1) is 10.8. The summed E-state index contributed by atoms with van der Waals surface area (Å²) in [6, 6.07) is 1.10. The predicted molar refractivity (Wildman–Crippen MR) is 101 cm³/mol. The molecule has 1 amide bonds. The van der Waals surface area contributed by atoms with E-state index >= 15 is 0 Å². The lowest BCUT2D eigenvalue weighted by Gasteiger charge is -2.29. The maximum atomic E-state index is 12.3. The lowest BCUT2D eigenvalue weighted by molar-refractivity contribution is 0.103. The second-order valence-corrected chi connectivity index (χ2v) is 14.0. The van der Waals surface area contributed by atoms with E-state index in [1.807, 2.05) is 4.90 Å². The minimum absolute atomic E-state index is 0.0780. The lowest BCUT2D eigenvalue weighted by Crippen LogP contribution is -2.43. The highest BCUT2D eigenvalue weighted by molar-refractivity contribution is 6.76. The van der Waals surface area contributed by atoms with Crippen molar-refractivity contribution in [2.45, 2.75) is 83.6 Å². The molecule has 1 aliphatic carbocycles. The lowest BCUT2D eigenvalue weighted by atomic mass is 9.85. The molecule has 23 heavy (non-hydrogen) atoms. The van der Waals surface area contributed by atoms with Crippen molar-refractivity contribution < 1.29 is 9.53 Å². The molecule has 5 heteroatoms. The van der Waals surface area contributed by atoms with Crippen LogP contribution >= 0.6 is 0 Å². The van der Waals surface area contributed by atoms with Crippen molar-refractivity contribution in [1.82, 2.24) is 4.90 Å². The summed E-state index contributed by atoms with van der Waals surface area (Å²) >= 11 is 0. The van der Waals surface area contributed by atoms with Crippen LogP contribution in [0.4, 0.5) is 4.79 Å². The van der Waals surface area contributed by atoms with Crippen molar-refractivity contribution in [3.8, 4) is 0 Å². The molecule has 136 valence electrons. The summed E-state index contributed by atoms with van der Waals surface area (Å²) in [4.78, 5) is 14.1. The zero-order valence-electron chi connectivity index (χ0n) is 15.8. The number of amides is 1. The van der Waals surface area contributed by atoms with Crippen LogP contribution < -0.4 is 5.73 Å². The van der Waals surface area contributed by atoms with Crippen LogP contribution in [0.3, 0.4) is 0 Å². The molecular weight excluding hydrogens is 304 g/mol. The number of carbonyl (C=O) groups excluding carboxylic acids is 1. The van der Waals surface area contributed by atoms with Gasteiger partial charge in [-0.1, -0.05) is 58.7 Å². The molecule has 0 heterocycles. The van der Waals surface area contributed by atoms with Gasteiger partial charge in [-0.15, -0.1) is 0 Å². The number of nitrogens with two attached hydrogens (primary N) is 1. The molecule has 0 saturated heterocycles. The minimum Gasteiger partial charge on any atom is -0.450 e. The van der Waals surface area contributed by atoms with E-state index in [4.69, 9.17) is 10.5 Å². The quantitative estimate of drug-likeness (QED) is 0.629. The monoisotopic (exact) mass is 342 g/mol. The second kappa shape index (κ2) is 10.3. The molecule has 4 nitrogen and oxygen atoms in total. The normalized spacial score (nSPS) is 17.8. The van der Waals surface area contributed by atoms with E-state index in [0.717, 1.165) is 31.3 Å². The fraction of sp³-hybridized carbons (Fsp3) is 0.944. The molecule has 1 saturated carbocycles. The van der Waals surface area contributed by atoms with Crippen molar-refractivity contribution in [3.05, 3.63) is 0 Å². The van der Waals surface area contributed by atoms with Gasteiger partial charge in [0.25, 0.3) is 0 Å². The molecule has 0 unspecified atom stereocenters. The second-order valence-electron chi connectivity index (χ2n) is 8.37. The number of hydrogen-bond acceptors (Lipinski definition) is 3. The van der Waals surface area contributed by atoms with Crippen molar-refractivity contribution in [2.75, 3.05) is 19.7 Å². The molecule has 0 aromatic rings. The standard InChI is InChI=1S/C18H38N2O2Si/c1-5-11-20(18(21)22-12-13-23(2,3)4)15-17(19)14-16-9-7-6-8-10-16/h16-17H,5-15,19H2,1-4H3/t17-/m0/s1. The highest BCUT2D eigenvalue weighted by Crippen LogP contribution is 2.27. The fourth-order valence-corrected chi connectivity index (χ4v) is 3.99. The van der Waals surface area contributed by atoms with Gasteiger partial charge in [-0.25, -0.2) is 4.79 Å². The average molecular weight is 343 g/mol. The summed E-state index contributed by atoms with van der Waals surface area (Å²) < 4.78 is 5.49. The highest BCUT2D eigenvalue weighted by Gasteiger charge is 2.22. The Hall–Kier alpha value is -0.553. The SMILES string of the molecule is CCCN(C[C@@H](N)CC1CCCCC1)C(=O)OCC[Si](C)(C)C. The number of rotatable bonds is 9. The van der Waals surface area contributed by atoms with E-state index in [0.29, 0.717) is 13.2 Å². The van der Waals surface area contributed by atoms with Crippen molar-refractivity contribution in [1.29, 1.82) is 0 Å². The van der Waals surface area contributed by atoms with Crippen molar-refractivity contribution in [3.63, 3.8) is 0 Å². The Morgan fingerprint density at radius 1 is 1.26 bits per heavy atom. The summed E-state index contributed by atoms with van der Waals surface area (Å²) in [5, 5.41) is 0. The Balaban J connectivity index is 2.37. The van der Waals surface area contributed by atoms with E-state index < -0.39 is 8.07 Å². The largest absolute Gasteiger partial charge is 0.450 e. The van der Waals surface area contributed by atoms with Gasteiger partial charge in [0.15, 0.2) is 0 Å². The van der Waals surface area contributed by atoms with Crippen LogP contribution in [0.5, 0.6) is 0 Å². The maximum Gasteiger partial charge on any atom is 0.409 e. The van der Waals surface area contributed by atoms with E-state index in [1.54, 1.807) is 0 Å². The molecule has 1 rings (SSSR count). The Labute approximate surface area is 144 Å². The molecule has 1 fully saturated rings. The first-order valence-corrected chi connectivity index (χ1v) is 13.2. The van der Waals surface area contributed by atoms with Gasteiger partial charge >= 0.3 is 6.09 Å². The van der Waals surface area contributed by atoms with E-state index in [2.05, 4.69) is 26.6 Å². The molecule has 1 aliphatic rings. The first kappa shape index (κ1) is 20.5. The Morgan fingerprint density at radius 3 is 2.48 bits per heavy atom. The van der Waals surface area contributed by atoms with Crippen molar-refractivity contribution >= 4 is 14.2 Å². The van der Waals surface area contributed by atoms with Gasteiger partial charge in [-0.3, -0.25) is 0 Å². The zero-order chi connectivity index (χ0) is 17.3. The van der Waals surface area contributed by atoms with Gasteiger partial charge in [-0.05, 0) is 24.8 Å². The van der Waals surface area contributed by atoms with Crippen molar-refractivity contribution in [2.24, 2.45) is 11.7 Å². The van der Waals surface area contributed by atoms with Crippen LogP contribution in [0.2, 0.25) is 25.7 Å². The van der Waals surface area contributed by atoms with Crippen LogP contribution in [0.1, 0.15) is 51.9 Å². The molecule has 1 atom stereocenters. The Bertz CT molecular complexity index is 338. The third kappa shape index (κ3) is 9.35.